The minimum absolute atomic E-state index is 0.131. The molecule has 2 N–H and O–H groups in total. The van der Waals surface area contributed by atoms with Crippen molar-refractivity contribution >= 4 is 17.6 Å². The third-order valence-corrected chi connectivity index (χ3v) is 3.68. The number of pyridine rings is 1. The molecule has 0 aromatic carbocycles. The van der Waals surface area contributed by atoms with E-state index < -0.39 is 5.54 Å². The first-order valence-electron chi connectivity index (χ1n) is 7.27. The molecule has 0 spiro atoms. The molecule has 1 aliphatic heterocycles. The van der Waals surface area contributed by atoms with E-state index in [0.29, 0.717) is 24.5 Å². The van der Waals surface area contributed by atoms with Crippen molar-refractivity contribution < 1.29 is 9.59 Å². The highest BCUT2D eigenvalue weighted by Crippen LogP contribution is 2.23. The van der Waals surface area contributed by atoms with E-state index in [0.717, 1.165) is 13.0 Å². The van der Waals surface area contributed by atoms with E-state index in [9.17, 15) is 9.59 Å². The summed E-state index contributed by atoms with van der Waals surface area (Å²) in [5.41, 5.74) is -0.346. The summed E-state index contributed by atoms with van der Waals surface area (Å²) in [5.74, 6) is 0.279. The van der Waals surface area contributed by atoms with Gasteiger partial charge in [-0.25, -0.2) is 4.98 Å². The number of nitrogens with one attached hydrogen (secondary N) is 2. The van der Waals surface area contributed by atoms with Crippen LogP contribution in [0.5, 0.6) is 0 Å². The maximum atomic E-state index is 12.8. The van der Waals surface area contributed by atoms with Crippen molar-refractivity contribution in [1.29, 1.82) is 0 Å². The van der Waals surface area contributed by atoms with Gasteiger partial charge in [0.2, 0.25) is 5.91 Å². The molecule has 0 unspecified atom stereocenters. The van der Waals surface area contributed by atoms with E-state index in [2.05, 4.69) is 22.5 Å². The van der Waals surface area contributed by atoms with E-state index in [1.807, 2.05) is 0 Å². The Morgan fingerprint density at radius 2 is 2.29 bits per heavy atom. The van der Waals surface area contributed by atoms with Gasteiger partial charge in [0.05, 0.1) is 5.56 Å². The SMILES string of the molecule is CCCNc1ncccc1C(=O)N1CCNC(=O)C1(C)C. The zero-order chi connectivity index (χ0) is 15.5. The first-order valence-corrected chi connectivity index (χ1v) is 7.27. The first-order chi connectivity index (χ1) is 9.98. The van der Waals surface area contributed by atoms with Gasteiger partial charge in [-0.15, -0.1) is 0 Å². The second-order valence-electron chi connectivity index (χ2n) is 5.60. The lowest BCUT2D eigenvalue weighted by Gasteiger charge is -2.41. The van der Waals surface area contributed by atoms with Crippen molar-refractivity contribution in [3.05, 3.63) is 23.9 Å². The van der Waals surface area contributed by atoms with E-state index in [4.69, 9.17) is 0 Å². The largest absolute Gasteiger partial charge is 0.369 e. The molecule has 21 heavy (non-hydrogen) atoms. The first kappa shape index (κ1) is 15.3. The molecular formula is C15H22N4O2. The molecule has 0 bridgehead atoms. The van der Waals surface area contributed by atoms with Crippen molar-refractivity contribution in [2.75, 3.05) is 25.0 Å². The second-order valence-corrected chi connectivity index (χ2v) is 5.60. The van der Waals surface area contributed by atoms with Gasteiger partial charge in [-0.2, -0.15) is 0 Å². The quantitative estimate of drug-likeness (QED) is 0.875. The number of hydrogen-bond acceptors (Lipinski definition) is 4. The summed E-state index contributed by atoms with van der Waals surface area (Å²) >= 11 is 0. The maximum Gasteiger partial charge on any atom is 0.258 e. The van der Waals surface area contributed by atoms with Crippen LogP contribution < -0.4 is 10.6 Å². The fourth-order valence-corrected chi connectivity index (χ4v) is 2.36. The van der Waals surface area contributed by atoms with Crippen LogP contribution in [0.4, 0.5) is 5.82 Å². The fraction of sp³-hybridized carbons (Fsp3) is 0.533. The van der Waals surface area contributed by atoms with E-state index in [1.54, 1.807) is 37.1 Å². The van der Waals surface area contributed by atoms with Gasteiger partial charge >= 0.3 is 0 Å². The Morgan fingerprint density at radius 3 is 3.00 bits per heavy atom. The third-order valence-electron chi connectivity index (χ3n) is 3.68. The molecule has 1 aromatic heterocycles. The standard InChI is InChI=1S/C15H22N4O2/c1-4-7-16-12-11(6-5-8-17-12)13(20)19-10-9-18-14(21)15(19,2)3/h5-6,8H,4,7,9-10H2,1-3H3,(H,16,17)(H,18,21). The summed E-state index contributed by atoms with van der Waals surface area (Å²) in [6.45, 7) is 7.30. The van der Waals surface area contributed by atoms with Crippen molar-refractivity contribution in [2.45, 2.75) is 32.7 Å². The summed E-state index contributed by atoms with van der Waals surface area (Å²) in [6.07, 6.45) is 2.60. The summed E-state index contributed by atoms with van der Waals surface area (Å²) in [6, 6.07) is 3.48. The van der Waals surface area contributed by atoms with Crippen molar-refractivity contribution in [3.63, 3.8) is 0 Å². The predicted octanol–water partition coefficient (Wildman–Crippen LogP) is 1.25. The molecule has 6 nitrogen and oxygen atoms in total. The molecule has 2 amide bonds. The number of carbonyl (C=O) groups excluding carboxylic acids is 2. The van der Waals surface area contributed by atoms with Gasteiger partial charge in [-0.1, -0.05) is 6.92 Å². The number of anilines is 1. The molecule has 1 aliphatic rings. The van der Waals surface area contributed by atoms with Gasteiger partial charge in [0.25, 0.3) is 5.91 Å². The average molecular weight is 290 g/mol. The number of carbonyl (C=O) groups is 2. The molecule has 1 saturated heterocycles. The Labute approximate surface area is 124 Å². The van der Waals surface area contributed by atoms with Crippen LogP contribution in [0, 0.1) is 0 Å². The normalized spacial score (nSPS) is 17.3. The van der Waals surface area contributed by atoms with Crippen LogP contribution in [0.3, 0.4) is 0 Å². The molecule has 2 rings (SSSR count). The topological polar surface area (TPSA) is 74.3 Å². The van der Waals surface area contributed by atoms with Crippen LogP contribution in [0.2, 0.25) is 0 Å². The van der Waals surface area contributed by atoms with Crippen LogP contribution in [0.15, 0.2) is 18.3 Å². The maximum absolute atomic E-state index is 12.8. The molecule has 1 fully saturated rings. The van der Waals surface area contributed by atoms with Crippen LogP contribution in [0.1, 0.15) is 37.6 Å². The molecule has 2 heterocycles. The van der Waals surface area contributed by atoms with Crippen molar-refractivity contribution in [2.24, 2.45) is 0 Å². The minimum atomic E-state index is -0.854. The number of piperazine rings is 1. The Morgan fingerprint density at radius 1 is 1.52 bits per heavy atom. The van der Waals surface area contributed by atoms with Crippen molar-refractivity contribution in [3.8, 4) is 0 Å². The van der Waals surface area contributed by atoms with Gasteiger partial charge < -0.3 is 15.5 Å². The van der Waals surface area contributed by atoms with Gasteiger partial charge in [0, 0.05) is 25.8 Å². The molecule has 0 radical (unpaired) electrons. The van der Waals surface area contributed by atoms with E-state index in [-0.39, 0.29) is 11.8 Å². The minimum Gasteiger partial charge on any atom is -0.369 e. The fourth-order valence-electron chi connectivity index (χ4n) is 2.36. The predicted molar refractivity (Wildman–Crippen MR) is 81.1 cm³/mol. The summed E-state index contributed by atoms with van der Waals surface area (Å²) in [5, 5.41) is 5.96. The number of aromatic nitrogens is 1. The lowest BCUT2D eigenvalue weighted by molar-refractivity contribution is -0.133. The molecule has 114 valence electrons. The molecule has 0 atom stereocenters. The second kappa shape index (κ2) is 6.11. The van der Waals surface area contributed by atoms with Crippen LogP contribution in [-0.4, -0.2) is 46.9 Å². The lowest BCUT2D eigenvalue weighted by Crippen LogP contribution is -2.63. The van der Waals surface area contributed by atoms with Crippen molar-refractivity contribution in [1.82, 2.24) is 15.2 Å². The summed E-state index contributed by atoms with van der Waals surface area (Å²) in [7, 11) is 0. The summed E-state index contributed by atoms with van der Waals surface area (Å²) in [4.78, 5) is 30.6. The highest BCUT2D eigenvalue weighted by atomic mass is 16.2. The molecular weight excluding hydrogens is 268 g/mol. The lowest BCUT2D eigenvalue weighted by atomic mass is 9.97. The highest BCUT2D eigenvalue weighted by Gasteiger charge is 2.41. The van der Waals surface area contributed by atoms with Crippen LogP contribution in [-0.2, 0) is 4.79 Å². The van der Waals surface area contributed by atoms with Gasteiger partial charge in [-0.05, 0) is 32.4 Å². The van der Waals surface area contributed by atoms with Gasteiger partial charge in [0.15, 0.2) is 0 Å². The molecule has 0 saturated carbocycles. The van der Waals surface area contributed by atoms with E-state index in [1.165, 1.54) is 0 Å². The van der Waals surface area contributed by atoms with Gasteiger partial charge in [0.1, 0.15) is 11.4 Å². The molecule has 0 aliphatic carbocycles. The smallest absolute Gasteiger partial charge is 0.258 e. The van der Waals surface area contributed by atoms with Crippen LogP contribution in [0.25, 0.3) is 0 Å². The van der Waals surface area contributed by atoms with Crippen LogP contribution >= 0.6 is 0 Å². The summed E-state index contributed by atoms with van der Waals surface area (Å²) < 4.78 is 0. The Balaban J connectivity index is 2.29. The molecule has 1 aromatic rings. The number of amides is 2. The molecule has 6 heteroatoms. The highest BCUT2D eigenvalue weighted by molar-refractivity contribution is 6.02. The van der Waals surface area contributed by atoms with E-state index >= 15 is 0 Å². The number of nitrogens with zero attached hydrogens (tertiary/aromatic N) is 2. The number of rotatable bonds is 4. The number of hydrogen-bond donors (Lipinski definition) is 2. The Bertz CT molecular complexity index is 542. The third kappa shape index (κ3) is 2.99. The Hall–Kier alpha value is -2.11. The zero-order valence-corrected chi connectivity index (χ0v) is 12.8. The Kier molecular flexibility index (Phi) is 4.45. The average Bonchev–Trinajstić information content (AvgIpc) is 2.47. The zero-order valence-electron chi connectivity index (χ0n) is 12.8. The van der Waals surface area contributed by atoms with Gasteiger partial charge in [-0.3, -0.25) is 9.59 Å². The monoisotopic (exact) mass is 290 g/mol.